The van der Waals surface area contributed by atoms with Crippen LogP contribution in [0.3, 0.4) is 0 Å². The van der Waals surface area contributed by atoms with Crippen LogP contribution in [-0.4, -0.2) is 46.7 Å². The molecule has 1 atom stereocenters. The molecule has 1 saturated heterocycles. The topological polar surface area (TPSA) is 96.9 Å². The van der Waals surface area contributed by atoms with Crippen molar-refractivity contribution in [2.45, 2.75) is 38.8 Å². The fraction of sp³-hybridized carbons (Fsp3) is 0.727. The Hall–Kier alpha value is -1.44. The van der Waals surface area contributed by atoms with E-state index in [4.69, 9.17) is 0 Å². The fourth-order valence-electron chi connectivity index (χ4n) is 1.88. The van der Waals surface area contributed by atoms with E-state index in [1.807, 2.05) is 20.8 Å². The number of nitrogens with one attached hydrogen (secondary N) is 2. The number of sulfone groups is 1. The van der Waals surface area contributed by atoms with Crippen molar-refractivity contribution in [1.82, 2.24) is 15.2 Å². The summed E-state index contributed by atoms with van der Waals surface area (Å²) >= 11 is 0. The van der Waals surface area contributed by atoms with Crippen LogP contribution in [0.4, 0.5) is 11.8 Å². The molecule has 0 radical (unpaired) electrons. The summed E-state index contributed by atoms with van der Waals surface area (Å²) in [6.45, 7) is 6.00. The van der Waals surface area contributed by atoms with Gasteiger partial charge in [-0.1, -0.05) is 0 Å². The maximum atomic E-state index is 11.4. The van der Waals surface area contributed by atoms with E-state index in [0.29, 0.717) is 18.2 Å². The lowest BCUT2D eigenvalue weighted by molar-refractivity contribution is 0.602. The van der Waals surface area contributed by atoms with Crippen LogP contribution in [0.5, 0.6) is 0 Å². The van der Waals surface area contributed by atoms with Crippen LogP contribution in [0.2, 0.25) is 0 Å². The molecule has 8 heteroatoms. The number of hydrogen-bond donors (Lipinski definition) is 2. The second-order valence-electron chi connectivity index (χ2n) is 5.78. The monoisotopic (exact) mass is 285 g/mol. The Kier molecular flexibility index (Phi) is 3.62. The highest BCUT2D eigenvalue weighted by Gasteiger charge is 2.28. The molecule has 1 aromatic rings. The van der Waals surface area contributed by atoms with Gasteiger partial charge < -0.3 is 10.6 Å². The zero-order valence-corrected chi connectivity index (χ0v) is 12.2. The first kappa shape index (κ1) is 14.0. The molecule has 7 nitrogen and oxygen atoms in total. The van der Waals surface area contributed by atoms with Crippen molar-refractivity contribution in [2.75, 3.05) is 22.1 Å². The molecule has 1 aliphatic rings. The Bertz CT molecular complexity index is 552. The van der Waals surface area contributed by atoms with Crippen LogP contribution in [-0.2, 0) is 9.84 Å². The van der Waals surface area contributed by atoms with Crippen molar-refractivity contribution in [2.24, 2.45) is 0 Å². The summed E-state index contributed by atoms with van der Waals surface area (Å²) in [5.41, 5.74) is -0.156. The predicted octanol–water partition coefficient (Wildman–Crippen LogP) is 0.681. The van der Waals surface area contributed by atoms with E-state index in [-0.39, 0.29) is 23.1 Å². The highest BCUT2D eigenvalue weighted by molar-refractivity contribution is 7.91. The summed E-state index contributed by atoms with van der Waals surface area (Å²) in [6, 6.07) is -0.0933. The van der Waals surface area contributed by atoms with Gasteiger partial charge in [0.1, 0.15) is 0 Å². The Balaban J connectivity index is 2.04. The van der Waals surface area contributed by atoms with Gasteiger partial charge in [-0.05, 0) is 27.2 Å². The van der Waals surface area contributed by atoms with Crippen molar-refractivity contribution in [3.8, 4) is 0 Å². The third-order valence-electron chi connectivity index (χ3n) is 2.63. The molecule has 0 aliphatic carbocycles. The number of anilines is 2. The summed E-state index contributed by atoms with van der Waals surface area (Å²) in [4.78, 5) is 4.28. The fourth-order valence-corrected chi connectivity index (χ4v) is 3.55. The third kappa shape index (κ3) is 4.30. The minimum atomic E-state index is -2.90. The summed E-state index contributed by atoms with van der Waals surface area (Å²) < 4.78 is 22.8. The van der Waals surface area contributed by atoms with Crippen LogP contribution in [0.25, 0.3) is 0 Å². The first-order valence-corrected chi connectivity index (χ1v) is 8.00. The maximum Gasteiger partial charge on any atom is 0.245 e. The summed E-state index contributed by atoms with van der Waals surface area (Å²) in [5, 5.41) is 14.0. The van der Waals surface area contributed by atoms with Crippen LogP contribution >= 0.6 is 0 Å². The smallest absolute Gasteiger partial charge is 0.245 e. The van der Waals surface area contributed by atoms with Crippen molar-refractivity contribution < 1.29 is 8.42 Å². The van der Waals surface area contributed by atoms with Gasteiger partial charge in [0.15, 0.2) is 15.7 Å². The van der Waals surface area contributed by atoms with Crippen LogP contribution in [0.1, 0.15) is 27.2 Å². The Morgan fingerprint density at radius 3 is 2.68 bits per heavy atom. The van der Waals surface area contributed by atoms with Gasteiger partial charge in [0.25, 0.3) is 0 Å². The Morgan fingerprint density at radius 2 is 2.11 bits per heavy atom. The summed E-state index contributed by atoms with van der Waals surface area (Å²) in [6.07, 6.45) is 2.10. The molecule has 1 unspecified atom stereocenters. The highest BCUT2D eigenvalue weighted by atomic mass is 32.2. The molecule has 2 rings (SSSR count). The summed E-state index contributed by atoms with van der Waals surface area (Å²) in [5.74, 6) is 1.36. The number of nitrogens with zero attached hydrogens (tertiary/aromatic N) is 3. The van der Waals surface area contributed by atoms with Crippen molar-refractivity contribution in [1.29, 1.82) is 0 Å². The molecule has 19 heavy (non-hydrogen) atoms. The Morgan fingerprint density at radius 1 is 1.37 bits per heavy atom. The van der Waals surface area contributed by atoms with Crippen LogP contribution < -0.4 is 10.6 Å². The summed E-state index contributed by atoms with van der Waals surface area (Å²) in [7, 11) is -2.90. The highest BCUT2D eigenvalue weighted by Crippen LogP contribution is 2.17. The average molecular weight is 285 g/mol. The van der Waals surface area contributed by atoms with Crippen LogP contribution in [0, 0.1) is 0 Å². The first-order chi connectivity index (χ1) is 8.73. The number of aromatic nitrogens is 3. The van der Waals surface area contributed by atoms with Crippen molar-refractivity contribution >= 4 is 21.6 Å². The molecule has 0 aromatic carbocycles. The number of rotatable bonds is 3. The standard InChI is InChI=1S/C11H19N5O2S/c1-11(2,3)15-10-14-9(6-12-16-10)13-8-4-5-19(17,18)7-8/h6,8H,4-5,7H2,1-3H3,(H2,13,14,15,16). The van der Waals surface area contributed by atoms with Gasteiger partial charge in [0, 0.05) is 11.6 Å². The van der Waals surface area contributed by atoms with Gasteiger partial charge in [-0.15, -0.1) is 5.10 Å². The molecule has 1 fully saturated rings. The normalized spacial score (nSPS) is 22.2. The molecule has 0 amide bonds. The molecule has 0 spiro atoms. The van der Waals surface area contributed by atoms with Gasteiger partial charge >= 0.3 is 0 Å². The van der Waals surface area contributed by atoms with Crippen LogP contribution in [0.15, 0.2) is 6.20 Å². The van der Waals surface area contributed by atoms with Gasteiger partial charge in [-0.3, -0.25) is 0 Å². The molecule has 1 aromatic heterocycles. The molecule has 2 heterocycles. The lowest BCUT2D eigenvalue weighted by Gasteiger charge is -2.20. The lowest BCUT2D eigenvalue weighted by atomic mass is 10.1. The van der Waals surface area contributed by atoms with Crippen molar-refractivity contribution in [3.05, 3.63) is 6.20 Å². The van der Waals surface area contributed by atoms with E-state index < -0.39 is 9.84 Å². The van der Waals surface area contributed by atoms with Gasteiger partial charge in [-0.2, -0.15) is 10.1 Å². The first-order valence-electron chi connectivity index (χ1n) is 6.18. The maximum absolute atomic E-state index is 11.4. The average Bonchev–Trinajstić information content (AvgIpc) is 2.56. The predicted molar refractivity (Wildman–Crippen MR) is 73.9 cm³/mol. The van der Waals surface area contributed by atoms with E-state index in [0.717, 1.165) is 0 Å². The van der Waals surface area contributed by atoms with Crippen molar-refractivity contribution in [3.63, 3.8) is 0 Å². The zero-order chi connectivity index (χ0) is 14.1. The molecular formula is C11H19N5O2S. The molecule has 1 aliphatic heterocycles. The largest absolute Gasteiger partial charge is 0.365 e. The second kappa shape index (κ2) is 4.92. The Labute approximate surface area is 113 Å². The minimum absolute atomic E-state index is 0.0933. The zero-order valence-electron chi connectivity index (χ0n) is 11.3. The number of hydrogen-bond acceptors (Lipinski definition) is 7. The lowest BCUT2D eigenvalue weighted by Crippen LogP contribution is -2.28. The van der Waals surface area contributed by atoms with E-state index in [1.165, 1.54) is 6.20 Å². The van der Waals surface area contributed by atoms with E-state index in [1.54, 1.807) is 0 Å². The molecule has 0 bridgehead atoms. The van der Waals surface area contributed by atoms with Gasteiger partial charge in [0.05, 0.1) is 17.7 Å². The van der Waals surface area contributed by atoms with E-state index >= 15 is 0 Å². The third-order valence-corrected chi connectivity index (χ3v) is 4.40. The molecule has 106 valence electrons. The quantitative estimate of drug-likeness (QED) is 0.843. The molecule has 0 saturated carbocycles. The van der Waals surface area contributed by atoms with E-state index in [2.05, 4.69) is 25.8 Å². The SMILES string of the molecule is CC(C)(C)Nc1nncc(NC2CCS(=O)(=O)C2)n1. The van der Waals surface area contributed by atoms with Gasteiger partial charge in [0.2, 0.25) is 5.95 Å². The molecular weight excluding hydrogens is 266 g/mol. The molecule has 2 N–H and O–H groups in total. The van der Waals surface area contributed by atoms with E-state index in [9.17, 15) is 8.42 Å². The van der Waals surface area contributed by atoms with Gasteiger partial charge in [-0.25, -0.2) is 8.42 Å². The second-order valence-corrected chi connectivity index (χ2v) is 8.01. The minimum Gasteiger partial charge on any atom is -0.365 e.